The molecule has 1 aromatic carbocycles. The van der Waals surface area contributed by atoms with Crippen molar-refractivity contribution in [2.75, 3.05) is 11.9 Å². The molecule has 15 heavy (non-hydrogen) atoms. The number of anilines is 1. The lowest BCUT2D eigenvalue weighted by atomic mass is 10.3. The molecule has 0 spiro atoms. The lowest BCUT2D eigenvalue weighted by Gasteiger charge is -2.09. The molecule has 0 aliphatic carbocycles. The summed E-state index contributed by atoms with van der Waals surface area (Å²) in [5.74, 6) is 0. The summed E-state index contributed by atoms with van der Waals surface area (Å²) in [5, 5.41) is 4.76. The van der Waals surface area contributed by atoms with Gasteiger partial charge >= 0.3 is 0 Å². The van der Waals surface area contributed by atoms with Crippen LogP contribution in [0.2, 0.25) is 15.1 Å². The topological polar surface area (TPSA) is 12.0 Å². The summed E-state index contributed by atoms with van der Waals surface area (Å²) in [5.41, 5.74) is 1.85. The Morgan fingerprint density at radius 2 is 1.73 bits per heavy atom. The Bertz CT molecular complexity index is 365. The first kappa shape index (κ1) is 13.3. The zero-order chi connectivity index (χ0) is 11.4. The second-order valence-corrected chi connectivity index (χ2v) is 4.61. The molecule has 0 amide bonds. The van der Waals surface area contributed by atoms with Gasteiger partial charge in [0, 0.05) is 15.6 Å². The van der Waals surface area contributed by atoms with Crippen LogP contribution < -0.4 is 5.32 Å². The highest BCUT2D eigenvalue weighted by Gasteiger charge is 2.07. The van der Waals surface area contributed by atoms with Gasteiger partial charge in [0.15, 0.2) is 0 Å². The summed E-state index contributed by atoms with van der Waals surface area (Å²) in [7, 11) is 0. The van der Waals surface area contributed by atoms with Crippen LogP contribution in [0.15, 0.2) is 22.7 Å². The van der Waals surface area contributed by atoms with Gasteiger partial charge in [-0.15, -0.1) is 0 Å². The lowest BCUT2D eigenvalue weighted by Crippen LogP contribution is -2.02. The molecule has 1 rings (SSSR count). The molecule has 0 fully saturated rings. The number of benzene rings is 1. The van der Waals surface area contributed by atoms with E-state index in [1.54, 1.807) is 12.1 Å². The summed E-state index contributed by atoms with van der Waals surface area (Å²) in [6.45, 7) is 0.353. The van der Waals surface area contributed by atoms with Gasteiger partial charge < -0.3 is 5.32 Å². The van der Waals surface area contributed by atoms with Gasteiger partial charge in [0.1, 0.15) is 0 Å². The van der Waals surface area contributed by atoms with Crippen LogP contribution in [0.4, 0.5) is 5.69 Å². The average Bonchev–Trinajstić information content (AvgIpc) is 2.15. The number of hydrogen-bond donors (Lipinski definition) is 1. The van der Waals surface area contributed by atoms with Gasteiger partial charge in [-0.2, -0.15) is 0 Å². The van der Waals surface area contributed by atoms with Crippen molar-refractivity contribution in [1.29, 1.82) is 0 Å². The van der Waals surface area contributed by atoms with Crippen LogP contribution in [0.3, 0.4) is 0 Å². The van der Waals surface area contributed by atoms with E-state index in [1.807, 2.05) is 0 Å². The quantitative estimate of drug-likeness (QED) is 0.790. The van der Waals surface area contributed by atoms with Crippen LogP contribution in [-0.4, -0.2) is 6.54 Å². The maximum atomic E-state index is 5.93. The van der Waals surface area contributed by atoms with E-state index in [1.165, 1.54) is 5.54 Å². The fourth-order valence-electron chi connectivity index (χ4n) is 0.922. The van der Waals surface area contributed by atoms with Gasteiger partial charge in [-0.3, -0.25) is 0 Å². The fourth-order valence-corrected chi connectivity index (χ4v) is 2.02. The van der Waals surface area contributed by atoms with Crippen molar-refractivity contribution < 1.29 is 0 Å². The molecule has 1 aromatic rings. The third kappa shape index (κ3) is 3.93. The van der Waals surface area contributed by atoms with E-state index < -0.39 is 0 Å². The van der Waals surface area contributed by atoms with Crippen LogP contribution in [0.1, 0.15) is 0 Å². The zero-order valence-electron chi connectivity index (χ0n) is 7.33. The SMILES string of the molecule is ClC=C(Cl)CNc1c(Cl)cc(Cl)cc1Cl. The highest BCUT2D eigenvalue weighted by molar-refractivity contribution is 6.42. The van der Waals surface area contributed by atoms with Gasteiger partial charge in [0.05, 0.1) is 22.3 Å². The Balaban J connectivity index is 2.86. The van der Waals surface area contributed by atoms with Gasteiger partial charge in [-0.25, -0.2) is 0 Å². The number of hydrogen-bond acceptors (Lipinski definition) is 1. The first-order valence-corrected chi connectivity index (χ1v) is 5.82. The molecule has 0 radical (unpaired) electrons. The van der Waals surface area contributed by atoms with Gasteiger partial charge in [-0.05, 0) is 12.1 Å². The predicted octanol–water partition coefficient (Wildman–Crippen LogP) is 5.38. The van der Waals surface area contributed by atoms with Gasteiger partial charge in [-0.1, -0.05) is 58.0 Å². The Hall–Kier alpha value is 0.210. The maximum Gasteiger partial charge on any atom is 0.0722 e. The van der Waals surface area contributed by atoms with E-state index in [0.29, 0.717) is 32.3 Å². The number of halogens is 5. The minimum absolute atomic E-state index is 0.353. The molecule has 1 N–H and O–H groups in total. The summed E-state index contributed by atoms with van der Waals surface area (Å²) < 4.78 is 0. The van der Waals surface area contributed by atoms with E-state index in [4.69, 9.17) is 58.0 Å². The number of nitrogens with one attached hydrogen (secondary N) is 1. The third-order valence-corrected chi connectivity index (χ3v) is 2.99. The van der Waals surface area contributed by atoms with Crippen LogP contribution in [-0.2, 0) is 0 Å². The van der Waals surface area contributed by atoms with E-state index >= 15 is 0 Å². The largest absolute Gasteiger partial charge is 0.378 e. The van der Waals surface area contributed by atoms with Crippen molar-refractivity contribution in [3.63, 3.8) is 0 Å². The number of rotatable bonds is 3. The Morgan fingerprint density at radius 1 is 1.20 bits per heavy atom. The standard InChI is InChI=1S/C9H6Cl5N/c10-3-6(12)4-15-9-7(13)1-5(11)2-8(9)14/h1-3,15H,4H2. The Kier molecular flexibility index (Phi) is 5.37. The zero-order valence-corrected chi connectivity index (χ0v) is 11.1. The minimum atomic E-state index is 0.353. The molecule has 1 nitrogen and oxygen atoms in total. The molecular formula is C9H6Cl5N. The van der Waals surface area contributed by atoms with Gasteiger partial charge in [0.2, 0.25) is 0 Å². The second-order valence-electron chi connectivity index (χ2n) is 2.65. The molecule has 0 bridgehead atoms. The summed E-state index contributed by atoms with van der Waals surface area (Å²) in [4.78, 5) is 0. The van der Waals surface area contributed by atoms with Gasteiger partial charge in [0.25, 0.3) is 0 Å². The van der Waals surface area contributed by atoms with Crippen molar-refractivity contribution in [3.8, 4) is 0 Å². The molecule has 0 aromatic heterocycles. The smallest absolute Gasteiger partial charge is 0.0722 e. The monoisotopic (exact) mass is 303 g/mol. The Morgan fingerprint density at radius 3 is 2.20 bits per heavy atom. The first-order chi connectivity index (χ1) is 7.04. The molecule has 0 unspecified atom stereocenters. The highest BCUT2D eigenvalue weighted by atomic mass is 35.5. The summed E-state index contributed by atoms with van der Waals surface area (Å²) in [6, 6.07) is 3.19. The average molecular weight is 305 g/mol. The van der Waals surface area contributed by atoms with Crippen LogP contribution in [0, 0.1) is 0 Å². The van der Waals surface area contributed by atoms with Crippen molar-refractivity contribution in [2.24, 2.45) is 0 Å². The first-order valence-electron chi connectivity index (χ1n) is 3.87. The van der Waals surface area contributed by atoms with Crippen LogP contribution >= 0.6 is 58.0 Å². The fraction of sp³-hybridized carbons (Fsp3) is 0.111. The van der Waals surface area contributed by atoms with Crippen LogP contribution in [0.25, 0.3) is 0 Å². The molecule has 0 heterocycles. The second kappa shape index (κ2) is 6.07. The molecule has 0 atom stereocenters. The van der Waals surface area contributed by atoms with E-state index in [9.17, 15) is 0 Å². The van der Waals surface area contributed by atoms with E-state index in [0.717, 1.165) is 0 Å². The normalized spacial score (nSPS) is 11.7. The molecule has 82 valence electrons. The van der Waals surface area contributed by atoms with Crippen molar-refractivity contribution in [2.45, 2.75) is 0 Å². The molecule has 0 aliphatic rings. The third-order valence-electron chi connectivity index (χ3n) is 1.56. The summed E-state index contributed by atoms with van der Waals surface area (Å²) in [6.07, 6.45) is 0. The Labute approximate surface area is 113 Å². The van der Waals surface area contributed by atoms with Crippen molar-refractivity contribution in [1.82, 2.24) is 0 Å². The molecule has 0 aliphatic heterocycles. The molecule has 0 saturated heterocycles. The predicted molar refractivity (Wildman–Crippen MR) is 69.8 cm³/mol. The summed E-state index contributed by atoms with van der Waals surface area (Å²) >= 11 is 28.7. The van der Waals surface area contributed by atoms with Crippen LogP contribution in [0.5, 0.6) is 0 Å². The minimum Gasteiger partial charge on any atom is -0.378 e. The van der Waals surface area contributed by atoms with E-state index in [2.05, 4.69) is 5.32 Å². The highest BCUT2D eigenvalue weighted by Crippen LogP contribution is 2.33. The molecule has 0 saturated carbocycles. The maximum absolute atomic E-state index is 5.93. The van der Waals surface area contributed by atoms with E-state index in [-0.39, 0.29) is 0 Å². The lowest BCUT2D eigenvalue weighted by molar-refractivity contribution is 1.31. The molecular weight excluding hydrogens is 299 g/mol. The molecule has 6 heteroatoms. The van der Waals surface area contributed by atoms with Crippen molar-refractivity contribution in [3.05, 3.63) is 37.8 Å². The van der Waals surface area contributed by atoms with Crippen molar-refractivity contribution >= 4 is 63.7 Å².